The lowest BCUT2D eigenvalue weighted by atomic mass is 9.97. The van der Waals surface area contributed by atoms with Crippen LogP contribution in [0.25, 0.3) is 33.9 Å². The molecule has 0 fully saturated rings. The van der Waals surface area contributed by atoms with Crippen molar-refractivity contribution in [1.29, 1.82) is 0 Å². The first-order valence-electron chi connectivity index (χ1n) is 8.48. The SMILES string of the molecule is Cc1cc(C)c(C)c(-c2ccc3oc(-c4ccccc4)nc3[n+]2C)c1. The summed E-state index contributed by atoms with van der Waals surface area (Å²) >= 11 is 0. The van der Waals surface area contributed by atoms with Crippen molar-refractivity contribution in [3.05, 3.63) is 71.3 Å². The Hall–Kier alpha value is -2.94. The summed E-state index contributed by atoms with van der Waals surface area (Å²) in [7, 11) is 2.05. The van der Waals surface area contributed by atoms with Gasteiger partial charge in [-0.25, -0.2) is 4.57 Å². The zero-order chi connectivity index (χ0) is 17.6. The molecule has 0 radical (unpaired) electrons. The fraction of sp³-hybridized carbons (Fsp3) is 0.182. The molecule has 2 heterocycles. The smallest absolute Gasteiger partial charge is 0.370 e. The van der Waals surface area contributed by atoms with Gasteiger partial charge in [0.15, 0.2) is 0 Å². The van der Waals surface area contributed by atoms with Crippen LogP contribution in [0.1, 0.15) is 16.7 Å². The monoisotopic (exact) mass is 329 g/mol. The molecule has 2 aromatic heterocycles. The highest BCUT2D eigenvalue weighted by molar-refractivity contribution is 5.73. The molecule has 2 aromatic carbocycles. The maximum absolute atomic E-state index is 5.97. The summed E-state index contributed by atoms with van der Waals surface area (Å²) < 4.78 is 8.09. The van der Waals surface area contributed by atoms with Crippen LogP contribution in [0.3, 0.4) is 0 Å². The van der Waals surface area contributed by atoms with E-state index in [1.807, 2.05) is 43.4 Å². The number of nitrogens with zero attached hydrogens (tertiary/aromatic N) is 2. The molecule has 0 aliphatic carbocycles. The number of aryl methyl sites for hydroxylation is 3. The molecule has 0 spiro atoms. The minimum absolute atomic E-state index is 0.653. The minimum atomic E-state index is 0.653. The van der Waals surface area contributed by atoms with Crippen LogP contribution < -0.4 is 4.57 Å². The van der Waals surface area contributed by atoms with Gasteiger partial charge in [0.2, 0.25) is 5.58 Å². The Bertz CT molecular complexity index is 1080. The van der Waals surface area contributed by atoms with E-state index in [9.17, 15) is 0 Å². The van der Waals surface area contributed by atoms with Crippen molar-refractivity contribution in [2.45, 2.75) is 20.8 Å². The molecule has 0 unspecified atom stereocenters. The molecule has 0 bridgehead atoms. The van der Waals surface area contributed by atoms with Crippen LogP contribution in [-0.4, -0.2) is 4.98 Å². The van der Waals surface area contributed by atoms with Crippen molar-refractivity contribution < 1.29 is 8.98 Å². The number of rotatable bonds is 2. The zero-order valence-electron chi connectivity index (χ0n) is 15.0. The maximum atomic E-state index is 5.97. The van der Waals surface area contributed by atoms with Crippen LogP contribution in [-0.2, 0) is 7.05 Å². The molecule has 25 heavy (non-hydrogen) atoms. The van der Waals surface area contributed by atoms with E-state index in [4.69, 9.17) is 9.40 Å². The van der Waals surface area contributed by atoms with Crippen LogP contribution in [0.2, 0.25) is 0 Å². The van der Waals surface area contributed by atoms with Crippen molar-refractivity contribution in [2.24, 2.45) is 7.05 Å². The summed E-state index contributed by atoms with van der Waals surface area (Å²) in [4.78, 5) is 4.74. The molecule has 0 aliphatic heterocycles. The highest BCUT2D eigenvalue weighted by Crippen LogP contribution is 2.28. The van der Waals surface area contributed by atoms with E-state index < -0.39 is 0 Å². The molecule has 0 saturated heterocycles. The Morgan fingerprint density at radius 3 is 2.44 bits per heavy atom. The zero-order valence-corrected chi connectivity index (χ0v) is 15.0. The van der Waals surface area contributed by atoms with Gasteiger partial charge in [0.1, 0.15) is 5.69 Å². The topological polar surface area (TPSA) is 29.9 Å². The molecule has 0 N–H and O–H groups in total. The Labute approximate surface area is 147 Å². The number of benzene rings is 2. The van der Waals surface area contributed by atoms with E-state index >= 15 is 0 Å². The van der Waals surface area contributed by atoms with Gasteiger partial charge in [0, 0.05) is 10.5 Å². The van der Waals surface area contributed by atoms with E-state index in [1.165, 1.54) is 22.3 Å². The molecule has 4 rings (SSSR count). The second kappa shape index (κ2) is 5.85. The maximum Gasteiger partial charge on any atom is 0.370 e. The molecule has 3 heteroatoms. The largest absolute Gasteiger partial charge is 0.411 e. The highest BCUT2D eigenvalue weighted by atomic mass is 16.3. The van der Waals surface area contributed by atoms with Crippen molar-refractivity contribution in [3.63, 3.8) is 0 Å². The summed E-state index contributed by atoms with van der Waals surface area (Å²) in [6.07, 6.45) is 0. The Morgan fingerprint density at radius 1 is 0.920 bits per heavy atom. The van der Waals surface area contributed by atoms with Crippen LogP contribution in [0, 0.1) is 20.8 Å². The summed E-state index contributed by atoms with van der Waals surface area (Å²) in [5.41, 5.74) is 8.90. The van der Waals surface area contributed by atoms with E-state index in [0.717, 1.165) is 22.5 Å². The third-order valence-corrected chi connectivity index (χ3v) is 4.81. The number of pyridine rings is 1. The summed E-state index contributed by atoms with van der Waals surface area (Å²) in [6, 6.07) is 18.6. The molecule has 3 nitrogen and oxygen atoms in total. The van der Waals surface area contributed by atoms with E-state index in [-0.39, 0.29) is 0 Å². The predicted octanol–water partition coefficient (Wildman–Crippen LogP) is 4.91. The molecular formula is C22H21N2O+. The number of oxazole rings is 1. The minimum Gasteiger partial charge on any atom is -0.411 e. The summed E-state index contributed by atoms with van der Waals surface area (Å²) in [5, 5.41) is 0. The molecule has 0 atom stereocenters. The van der Waals surface area contributed by atoms with Gasteiger partial charge >= 0.3 is 11.5 Å². The standard InChI is InChI=1S/C22H21N2O/c1-14-12-15(2)16(3)18(13-14)19-10-11-20-21(24(19)4)23-22(25-20)17-8-6-5-7-9-17/h5-13H,1-4H3/q+1. The molecule has 0 amide bonds. The quantitative estimate of drug-likeness (QED) is 0.489. The van der Waals surface area contributed by atoms with Gasteiger partial charge in [-0.3, -0.25) is 0 Å². The lowest BCUT2D eigenvalue weighted by Gasteiger charge is -2.10. The van der Waals surface area contributed by atoms with Crippen molar-refractivity contribution >= 4 is 11.2 Å². The first-order chi connectivity index (χ1) is 12.0. The molecule has 124 valence electrons. The lowest BCUT2D eigenvalue weighted by Crippen LogP contribution is -2.32. The van der Waals surface area contributed by atoms with Gasteiger partial charge in [0.25, 0.3) is 0 Å². The van der Waals surface area contributed by atoms with Crippen molar-refractivity contribution in [3.8, 4) is 22.7 Å². The third-order valence-electron chi connectivity index (χ3n) is 4.81. The van der Waals surface area contributed by atoms with Crippen molar-refractivity contribution in [1.82, 2.24) is 4.98 Å². The fourth-order valence-electron chi connectivity index (χ4n) is 3.33. The van der Waals surface area contributed by atoms with Gasteiger partial charge in [-0.05, 0) is 62.2 Å². The van der Waals surface area contributed by atoms with Gasteiger partial charge in [-0.2, -0.15) is 0 Å². The Kier molecular flexibility index (Phi) is 3.65. The van der Waals surface area contributed by atoms with Crippen LogP contribution in [0.15, 0.2) is 59.0 Å². The van der Waals surface area contributed by atoms with Gasteiger partial charge in [-0.15, -0.1) is 0 Å². The first-order valence-corrected chi connectivity index (χ1v) is 8.48. The van der Waals surface area contributed by atoms with Crippen LogP contribution in [0.4, 0.5) is 0 Å². The van der Waals surface area contributed by atoms with Crippen molar-refractivity contribution in [2.75, 3.05) is 0 Å². The molecule has 4 aromatic rings. The number of hydrogen-bond acceptors (Lipinski definition) is 2. The van der Waals surface area contributed by atoms with Crippen LogP contribution >= 0.6 is 0 Å². The Balaban J connectivity index is 1.92. The molecule has 0 saturated carbocycles. The number of fused-ring (bicyclic) bond motifs is 1. The average molecular weight is 329 g/mol. The highest BCUT2D eigenvalue weighted by Gasteiger charge is 2.22. The number of hydrogen-bond donors (Lipinski definition) is 0. The van der Waals surface area contributed by atoms with Gasteiger partial charge in [0.05, 0.1) is 12.6 Å². The average Bonchev–Trinajstić information content (AvgIpc) is 3.05. The normalized spacial score (nSPS) is 11.2. The molecular weight excluding hydrogens is 308 g/mol. The first kappa shape index (κ1) is 15.6. The van der Waals surface area contributed by atoms with E-state index in [0.29, 0.717) is 5.89 Å². The summed E-state index contributed by atoms with van der Waals surface area (Å²) in [6.45, 7) is 6.47. The summed E-state index contributed by atoms with van der Waals surface area (Å²) in [5.74, 6) is 0.653. The van der Waals surface area contributed by atoms with Gasteiger partial charge < -0.3 is 4.42 Å². The fourth-order valence-corrected chi connectivity index (χ4v) is 3.33. The Morgan fingerprint density at radius 2 is 1.68 bits per heavy atom. The number of aromatic nitrogens is 2. The molecule has 0 aliphatic rings. The second-order valence-corrected chi connectivity index (χ2v) is 6.60. The van der Waals surface area contributed by atoms with Crippen LogP contribution in [0.5, 0.6) is 0 Å². The van der Waals surface area contributed by atoms with E-state index in [2.05, 4.69) is 43.5 Å². The van der Waals surface area contributed by atoms with E-state index in [1.54, 1.807) is 0 Å². The van der Waals surface area contributed by atoms with Gasteiger partial charge in [-0.1, -0.05) is 29.8 Å². The second-order valence-electron chi connectivity index (χ2n) is 6.60. The predicted molar refractivity (Wildman–Crippen MR) is 100 cm³/mol. The third kappa shape index (κ3) is 2.62. The lowest BCUT2D eigenvalue weighted by molar-refractivity contribution is -0.635.